The van der Waals surface area contributed by atoms with Gasteiger partial charge in [0.25, 0.3) is 0 Å². The molecule has 11 nitrogen and oxygen atoms in total. The van der Waals surface area contributed by atoms with Crippen LogP contribution >= 0.6 is 11.6 Å². The Hall–Kier alpha value is -4.00. The molecule has 0 saturated carbocycles. The summed E-state index contributed by atoms with van der Waals surface area (Å²) >= 11 is 5.88. The Kier molecular flexibility index (Phi) is 7.49. The summed E-state index contributed by atoms with van der Waals surface area (Å²) in [4.78, 5) is 16.3. The molecule has 1 N–H and O–H groups in total. The molecule has 0 aliphatic carbocycles. The largest absolute Gasteiger partial charge is 0.474 e. The molecule has 5 aromatic rings. The van der Waals surface area contributed by atoms with Crippen LogP contribution < -0.4 is 4.74 Å². The summed E-state index contributed by atoms with van der Waals surface area (Å²) in [5.41, 5.74) is 3.38. The number of hydrogen-bond acceptors (Lipinski definition) is 9. The standard InChI is InChI=1S/C29H29ClFN9O2/c30-20-3-1-18(23(31)15-20)14-26-32-9-5-28(34-26)42-21-6-10-39(11-7-21)17-27-33-24-13-19(29-35-37-38-36-29)2-4-25(24)40(27)16-22-8-12-41-22/h1-5,9,13,15,21-22H,6-8,10-12,14,16-17H2,(H,35,36,37,38). The van der Waals surface area contributed by atoms with Crippen molar-refractivity contribution >= 4 is 22.6 Å². The van der Waals surface area contributed by atoms with Crippen molar-refractivity contribution < 1.29 is 13.9 Å². The summed E-state index contributed by atoms with van der Waals surface area (Å²) < 4.78 is 28.5. The van der Waals surface area contributed by atoms with Crippen molar-refractivity contribution in [3.05, 3.63) is 76.7 Å². The normalized spacial score (nSPS) is 17.9. The number of ether oxygens (including phenoxy) is 2. The highest BCUT2D eigenvalue weighted by atomic mass is 35.5. The van der Waals surface area contributed by atoms with E-state index in [0.29, 0.717) is 28.1 Å². The molecule has 2 fully saturated rings. The van der Waals surface area contributed by atoms with Gasteiger partial charge in [-0.15, -0.1) is 5.10 Å². The Balaban J connectivity index is 1.00. The first-order chi connectivity index (χ1) is 20.6. The maximum Gasteiger partial charge on any atom is 0.216 e. The van der Waals surface area contributed by atoms with Crippen LogP contribution in [0.4, 0.5) is 4.39 Å². The van der Waals surface area contributed by atoms with Crippen LogP contribution in [0.5, 0.6) is 5.88 Å². The number of H-pyrrole nitrogens is 1. The first kappa shape index (κ1) is 26.9. The molecule has 0 radical (unpaired) electrons. The zero-order valence-electron chi connectivity index (χ0n) is 22.8. The topological polar surface area (TPSA) is 120 Å². The zero-order chi connectivity index (χ0) is 28.5. The second kappa shape index (κ2) is 11.7. The number of likely N-dealkylation sites (tertiary alicyclic amines) is 1. The highest BCUT2D eigenvalue weighted by Crippen LogP contribution is 2.27. The predicted molar refractivity (Wildman–Crippen MR) is 152 cm³/mol. The maximum atomic E-state index is 14.3. The molecule has 5 heterocycles. The number of halogens is 2. The van der Waals surface area contributed by atoms with Crippen LogP contribution in [0.1, 0.15) is 36.5 Å². The minimum atomic E-state index is -0.369. The molecule has 13 heteroatoms. The minimum absolute atomic E-state index is 0.0385. The van der Waals surface area contributed by atoms with E-state index in [4.69, 9.17) is 26.1 Å². The SMILES string of the molecule is Fc1cc(Cl)ccc1Cc1nccc(OC2CCN(Cc3nc4cc(-c5nnn[nH]5)ccc4n3CC3CCO3)CC2)n1. The van der Waals surface area contributed by atoms with Crippen LogP contribution in [-0.2, 0) is 24.2 Å². The van der Waals surface area contributed by atoms with Gasteiger partial charge in [-0.2, -0.15) is 4.98 Å². The number of tetrazole rings is 1. The quantitative estimate of drug-likeness (QED) is 0.269. The number of benzene rings is 2. The van der Waals surface area contributed by atoms with Crippen molar-refractivity contribution in [3.63, 3.8) is 0 Å². The van der Waals surface area contributed by atoms with Gasteiger partial charge < -0.3 is 14.0 Å². The molecule has 2 aliphatic rings. The Morgan fingerprint density at radius 3 is 2.71 bits per heavy atom. The van der Waals surface area contributed by atoms with E-state index < -0.39 is 0 Å². The van der Waals surface area contributed by atoms with Crippen molar-refractivity contribution in [1.29, 1.82) is 0 Å². The van der Waals surface area contributed by atoms with Gasteiger partial charge in [-0.25, -0.2) is 19.5 Å². The third-order valence-electron chi connectivity index (χ3n) is 7.86. The fourth-order valence-corrected chi connectivity index (χ4v) is 5.65. The third kappa shape index (κ3) is 5.83. The summed E-state index contributed by atoms with van der Waals surface area (Å²) in [5.74, 6) is 2.27. The number of aromatic nitrogens is 8. The molecular weight excluding hydrogens is 561 g/mol. The summed E-state index contributed by atoms with van der Waals surface area (Å²) in [7, 11) is 0. The molecule has 216 valence electrons. The summed E-state index contributed by atoms with van der Waals surface area (Å²) in [6, 6.07) is 12.5. The lowest BCUT2D eigenvalue weighted by Crippen LogP contribution is -2.39. The van der Waals surface area contributed by atoms with Crippen LogP contribution in [0.25, 0.3) is 22.4 Å². The molecule has 0 bridgehead atoms. The van der Waals surface area contributed by atoms with Gasteiger partial charge in [-0.1, -0.05) is 17.7 Å². The number of fused-ring (bicyclic) bond motifs is 1. The van der Waals surface area contributed by atoms with E-state index >= 15 is 0 Å². The van der Waals surface area contributed by atoms with Gasteiger partial charge in [0.2, 0.25) is 5.88 Å². The molecule has 42 heavy (non-hydrogen) atoms. The van der Waals surface area contributed by atoms with Crippen molar-refractivity contribution in [3.8, 4) is 17.3 Å². The van der Waals surface area contributed by atoms with Crippen LogP contribution in [0.15, 0.2) is 48.7 Å². The second-order valence-corrected chi connectivity index (χ2v) is 11.1. The molecule has 2 aliphatic heterocycles. The monoisotopic (exact) mass is 589 g/mol. The predicted octanol–water partition coefficient (Wildman–Crippen LogP) is 4.22. The summed E-state index contributed by atoms with van der Waals surface area (Å²) in [6.07, 6.45) is 4.95. The number of nitrogens with zero attached hydrogens (tertiary/aromatic N) is 8. The Morgan fingerprint density at radius 2 is 1.95 bits per heavy atom. The average molecular weight is 590 g/mol. The molecule has 0 amide bonds. The molecule has 7 rings (SSSR count). The van der Waals surface area contributed by atoms with Crippen LogP contribution in [0.2, 0.25) is 5.02 Å². The van der Waals surface area contributed by atoms with Crippen molar-refractivity contribution in [2.45, 2.75) is 51.0 Å². The number of imidazole rings is 1. The fourth-order valence-electron chi connectivity index (χ4n) is 5.49. The number of aromatic amines is 1. The van der Waals surface area contributed by atoms with Gasteiger partial charge in [0.1, 0.15) is 23.6 Å². The van der Waals surface area contributed by atoms with Crippen molar-refractivity contribution in [1.82, 2.24) is 45.0 Å². The number of piperidine rings is 1. The first-order valence-electron chi connectivity index (χ1n) is 14.1. The Labute approximate surface area is 246 Å². The lowest BCUT2D eigenvalue weighted by Gasteiger charge is -2.32. The van der Waals surface area contributed by atoms with Crippen molar-refractivity contribution in [2.24, 2.45) is 0 Å². The highest BCUT2D eigenvalue weighted by molar-refractivity contribution is 6.30. The van der Waals surface area contributed by atoms with E-state index in [1.807, 2.05) is 12.1 Å². The average Bonchev–Trinajstić information content (AvgIpc) is 3.62. The first-order valence-corrected chi connectivity index (χ1v) is 14.4. The molecule has 2 saturated heterocycles. The smallest absolute Gasteiger partial charge is 0.216 e. The lowest BCUT2D eigenvalue weighted by atomic mass is 10.1. The van der Waals surface area contributed by atoms with Gasteiger partial charge in [0.15, 0.2) is 5.82 Å². The fraction of sp³-hybridized carbons (Fsp3) is 0.379. The molecule has 1 atom stereocenters. The molecular formula is C29H29ClFN9O2. The molecule has 2 aromatic carbocycles. The van der Waals surface area contributed by atoms with Crippen molar-refractivity contribution in [2.75, 3.05) is 19.7 Å². The highest BCUT2D eigenvalue weighted by Gasteiger charge is 2.26. The van der Waals surface area contributed by atoms with Gasteiger partial charge >= 0.3 is 0 Å². The third-order valence-corrected chi connectivity index (χ3v) is 8.09. The molecule has 1 unspecified atom stereocenters. The second-order valence-electron chi connectivity index (χ2n) is 10.7. The zero-order valence-corrected chi connectivity index (χ0v) is 23.5. The van der Waals surface area contributed by atoms with E-state index in [9.17, 15) is 4.39 Å². The van der Waals surface area contributed by atoms with E-state index in [1.54, 1.807) is 24.4 Å². The summed E-state index contributed by atoms with van der Waals surface area (Å²) in [5, 5.41) is 14.6. The number of hydrogen-bond donors (Lipinski definition) is 1. The Morgan fingerprint density at radius 1 is 1.07 bits per heavy atom. The molecule has 3 aromatic heterocycles. The van der Waals surface area contributed by atoms with Gasteiger partial charge in [-0.3, -0.25) is 4.90 Å². The van der Waals surface area contributed by atoms with Crippen LogP contribution in [0.3, 0.4) is 0 Å². The van der Waals surface area contributed by atoms with Gasteiger partial charge in [0, 0.05) is 49.0 Å². The Bertz CT molecular complexity index is 1680. The van der Waals surface area contributed by atoms with Gasteiger partial charge in [0.05, 0.1) is 30.2 Å². The number of nitrogens with one attached hydrogen (secondary N) is 1. The summed E-state index contributed by atoms with van der Waals surface area (Å²) in [6.45, 7) is 4.07. The maximum absolute atomic E-state index is 14.3. The minimum Gasteiger partial charge on any atom is -0.474 e. The van der Waals surface area contributed by atoms with E-state index in [0.717, 1.165) is 74.5 Å². The van der Waals surface area contributed by atoms with E-state index in [1.165, 1.54) is 6.07 Å². The van der Waals surface area contributed by atoms with Crippen LogP contribution in [-0.4, -0.2) is 76.9 Å². The van der Waals surface area contributed by atoms with E-state index in [-0.39, 0.29) is 24.4 Å². The molecule has 0 spiro atoms. The van der Waals surface area contributed by atoms with Crippen LogP contribution in [0, 0.1) is 5.82 Å². The number of rotatable bonds is 9. The van der Waals surface area contributed by atoms with Gasteiger partial charge in [-0.05, 0) is 65.6 Å². The lowest BCUT2D eigenvalue weighted by molar-refractivity contribution is -0.0592. The van der Waals surface area contributed by atoms with E-state index in [2.05, 4.69) is 46.1 Å².